The number of rotatable bonds is 7. The molecule has 1 aliphatic heterocycles. The molecule has 0 aromatic heterocycles. The minimum atomic E-state index is -0.535. The molecule has 6 heteroatoms. The van der Waals surface area contributed by atoms with E-state index >= 15 is 0 Å². The van der Waals surface area contributed by atoms with Crippen molar-refractivity contribution >= 4 is 23.4 Å². The summed E-state index contributed by atoms with van der Waals surface area (Å²) >= 11 is 6.11. The van der Waals surface area contributed by atoms with Crippen LogP contribution in [0.3, 0.4) is 0 Å². The van der Waals surface area contributed by atoms with E-state index in [1.807, 2.05) is 25.8 Å². The van der Waals surface area contributed by atoms with E-state index < -0.39 is 6.04 Å². The monoisotopic (exact) mass is 379 g/mol. The van der Waals surface area contributed by atoms with Crippen LogP contribution in [0.15, 0.2) is 24.3 Å². The third-order valence-corrected chi connectivity index (χ3v) is 5.40. The van der Waals surface area contributed by atoms with E-state index in [0.29, 0.717) is 16.5 Å². The van der Waals surface area contributed by atoms with Crippen molar-refractivity contribution in [3.8, 4) is 0 Å². The zero-order valence-electron chi connectivity index (χ0n) is 15.9. The first-order chi connectivity index (χ1) is 12.4. The highest BCUT2D eigenvalue weighted by atomic mass is 35.5. The van der Waals surface area contributed by atoms with Gasteiger partial charge in [-0.25, -0.2) is 0 Å². The number of halogens is 1. The van der Waals surface area contributed by atoms with Crippen LogP contribution in [0.4, 0.5) is 0 Å². The zero-order chi connectivity index (χ0) is 19.1. The van der Waals surface area contributed by atoms with Gasteiger partial charge in [-0.1, -0.05) is 37.6 Å². The van der Waals surface area contributed by atoms with Crippen LogP contribution in [-0.2, 0) is 4.79 Å². The molecule has 1 aromatic carbocycles. The van der Waals surface area contributed by atoms with E-state index in [-0.39, 0.29) is 17.7 Å². The Hall–Kier alpha value is -1.59. The highest BCUT2D eigenvalue weighted by Crippen LogP contribution is 2.22. The minimum absolute atomic E-state index is 0.00692. The van der Waals surface area contributed by atoms with Crippen molar-refractivity contribution in [2.45, 2.75) is 39.2 Å². The number of piperidine rings is 1. The van der Waals surface area contributed by atoms with E-state index in [4.69, 9.17) is 11.6 Å². The Morgan fingerprint density at radius 1 is 1.23 bits per heavy atom. The maximum atomic E-state index is 13.0. The molecule has 2 rings (SSSR count). The molecule has 1 atom stereocenters. The molecule has 2 amide bonds. The number of amides is 2. The van der Waals surface area contributed by atoms with Gasteiger partial charge in [0, 0.05) is 13.1 Å². The highest BCUT2D eigenvalue weighted by molar-refractivity contribution is 6.33. The fourth-order valence-electron chi connectivity index (χ4n) is 3.37. The number of benzene rings is 1. The number of hydrogen-bond acceptors (Lipinski definition) is 3. The predicted octanol–water partition coefficient (Wildman–Crippen LogP) is 2.94. The van der Waals surface area contributed by atoms with Crippen molar-refractivity contribution in [1.29, 1.82) is 0 Å². The van der Waals surface area contributed by atoms with Gasteiger partial charge in [0.05, 0.1) is 10.6 Å². The smallest absolute Gasteiger partial charge is 0.253 e. The van der Waals surface area contributed by atoms with E-state index in [1.165, 1.54) is 0 Å². The van der Waals surface area contributed by atoms with Gasteiger partial charge in [0.2, 0.25) is 5.91 Å². The molecule has 1 saturated heterocycles. The Balaban J connectivity index is 1.98. The van der Waals surface area contributed by atoms with Crippen LogP contribution in [0.2, 0.25) is 5.02 Å². The van der Waals surface area contributed by atoms with Crippen molar-refractivity contribution in [2.75, 3.05) is 26.7 Å². The second kappa shape index (κ2) is 9.93. The first-order valence-corrected chi connectivity index (χ1v) is 9.80. The van der Waals surface area contributed by atoms with Crippen molar-refractivity contribution < 1.29 is 9.59 Å². The standard InChI is InChI=1S/C20H30ClN3O2/c1-14(2)18(23-19(25)16-6-4-5-7-17(16)21)20(26)24-12-9-15(10-13-24)8-11-22-3/h4-7,14-15,18,22H,8-13H2,1-3H3,(H,23,25). The lowest BCUT2D eigenvalue weighted by molar-refractivity contribution is -0.135. The molecule has 2 N–H and O–H groups in total. The summed E-state index contributed by atoms with van der Waals surface area (Å²) in [6.07, 6.45) is 3.20. The molecule has 1 aromatic rings. The predicted molar refractivity (Wildman–Crippen MR) is 105 cm³/mol. The van der Waals surface area contributed by atoms with Crippen molar-refractivity contribution in [3.05, 3.63) is 34.9 Å². The lowest BCUT2D eigenvalue weighted by Crippen LogP contribution is -2.53. The molecule has 26 heavy (non-hydrogen) atoms. The molecule has 0 aliphatic carbocycles. The fraction of sp³-hybridized carbons (Fsp3) is 0.600. The maximum absolute atomic E-state index is 13.0. The van der Waals surface area contributed by atoms with Gasteiger partial charge >= 0.3 is 0 Å². The summed E-state index contributed by atoms with van der Waals surface area (Å²) in [5, 5.41) is 6.47. The third kappa shape index (κ3) is 5.45. The van der Waals surface area contributed by atoms with Crippen LogP contribution in [0.5, 0.6) is 0 Å². The first kappa shape index (κ1) is 20.7. The fourth-order valence-corrected chi connectivity index (χ4v) is 3.59. The van der Waals surface area contributed by atoms with Crippen LogP contribution >= 0.6 is 11.6 Å². The summed E-state index contributed by atoms with van der Waals surface area (Å²) in [6.45, 7) is 6.45. The van der Waals surface area contributed by atoms with Gasteiger partial charge in [0.25, 0.3) is 5.91 Å². The Morgan fingerprint density at radius 3 is 2.46 bits per heavy atom. The molecular formula is C20H30ClN3O2. The quantitative estimate of drug-likeness (QED) is 0.765. The van der Waals surface area contributed by atoms with Gasteiger partial charge < -0.3 is 15.5 Å². The lowest BCUT2D eigenvalue weighted by atomic mass is 9.92. The lowest BCUT2D eigenvalue weighted by Gasteiger charge is -2.35. The van der Waals surface area contributed by atoms with E-state index in [2.05, 4.69) is 10.6 Å². The van der Waals surface area contributed by atoms with Gasteiger partial charge in [-0.05, 0) is 56.8 Å². The topological polar surface area (TPSA) is 61.4 Å². The normalized spacial score (nSPS) is 16.6. The van der Waals surface area contributed by atoms with E-state index in [9.17, 15) is 9.59 Å². The first-order valence-electron chi connectivity index (χ1n) is 9.42. The van der Waals surface area contributed by atoms with E-state index in [0.717, 1.165) is 38.9 Å². The number of carbonyl (C=O) groups is 2. The number of hydrogen-bond donors (Lipinski definition) is 2. The summed E-state index contributed by atoms with van der Waals surface area (Å²) in [5.74, 6) is 0.386. The van der Waals surface area contributed by atoms with Crippen molar-refractivity contribution in [1.82, 2.24) is 15.5 Å². The van der Waals surface area contributed by atoms with Crippen LogP contribution in [0.25, 0.3) is 0 Å². The molecule has 1 fully saturated rings. The zero-order valence-corrected chi connectivity index (χ0v) is 16.7. The van der Waals surface area contributed by atoms with Gasteiger partial charge in [-0.2, -0.15) is 0 Å². The Kier molecular flexibility index (Phi) is 7.91. The highest BCUT2D eigenvalue weighted by Gasteiger charge is 2.31. The second-order valence-corrected chi connectivity index (χ2v) is 7.74. The summed E-state index contributed by atoms with van der Waals surface area (Å²) < 4.78 is 0. The van der Waals surface area contributed by atoms with Gasteiger partial charge in [0.15, 0.2) is 0 Å². The SMILES string of the molecule is CNCCC1CCN(C(=O)C(NC(=O)c2ccccc2Cl)C(C)C)CC1. The number of likely N-dealkylation sites (tertiary alicyclic amines) is 1. The Labute approximate surface area is 161 Å². The van der Waals surface area contributed by atoms with Crippen LogP contribution in [0.1, 0.15) is 43.5 Å². The summed E-state index contributed by atoms with van der Waals surface area (Å²) in [4.78, 5) is 27.4. The van der Waals surface area contributed by atoms with Crippen molar-refractivity contribution in [2.24, 2.45) is 11.8 Å². The van der Waals surface area contributed by atoms with Crippen LogP contribution < -0.4 is 10.6 Å². The van der Waals surface area contributed by atoms with E-state index in [1.54, 1.807) is 24.3 Å². The number of nitrogens with zero attached hydrogens (tertiary/aromatic N) is 1. The average molecular weight is 380 g/mol. The van der Waals surface area contributed by atoms with Gasteiger partial charge in [-0.3, -0.25) is 9.59 Å². The third-order valence-electron chi connectivity index (χ3n) is 5.07. The summed E-state index contributed by atoms with van der Waals surface area (Å²) in [6, 6.07) is 6.36. The van der Waals surface area contributed by atoms with Crippen LogP contribution in [-0.4, -0.2) is 49.4 Å². The van der Waals surface area contributed by atoms with Gasteiger partial charge in [-0.15, -0.1) is 0 Å². The Bertz CT molecular complexity index is 613. The number of nitrogens with one attached hydrogen (secondary N) is 2. The Morgan fingerprint density at radius 2 is 1.88 bits per heavy atom. The molecule has 144 valence electrons. The number of carbonyl (C=O) groups excluding carboxylic acids is 2. The van der Waals surface area contributed by atoms with Crippen molar-refractivity contribution in [3.63, 3.8) is 0 Å². The van der Waals surface area contributed by atoms with Crippen LogP contribution in [0, 0.1) is 11.8 Å². The second-order valence-electron chi connectivity index (χ2n) is 7.34. The summed E-state index contributed by atoms with van der Waals surface area (Å²) in [7, 11) is 1.97. The molecule has 0 radical (unpaired) electrons. The molecular weight excluding hydrogens is 350 g/mol. The average Bonchev–Trinajstić information content (AvgIpc) is 2.64. The molecule has 1 unspecified atom stereocenters. The molecule has 1 aliphatic rings. The largest absolute Gasteiger partial charge is 0.341 e. The molecule has 0 spiro atoms. The molecule has 0 bridgehead atoms. The maximum Gasteiger partial charge on any atom is 0.253 e. The molecule has 5 nitrogen and oxygen atoms in total. The molecule has 1 heterocycles. The van der Waals surface area contributed by atoms with Gasteiger partial charge in [0.1, 0.15) is 6.04 Å². The molecule has 0 saturated carbocycles. The summed E-state index contributed by atoms with van der Waals surface area (Å²) in [5.41, 5.74) is 0.401. The minimum Gasteiger partial charge on any atom is -0.341 e.